The topological polar surface area (TPSA) is 72.6 Å². The molecule has 0 N–H and O–H groups in total. The van der Waals surface area contributed by atoms with Crippen LogP contribution < -0.4 is 0 Å². The minimum Gasteiger partial charge on any atom is -0.378 e. The number of aromatic nitrogens is 4. The summed E-state index contributed by atoms with van der Waals surface area (Å²) in [4.78, 5) is 21.1. The molecule has 7 nitrogen and oxygen atoms in total. The Morgan fingerprint density at radius 3 is 2.64 bits per heavy atom. The standard InChI is InChI=1S/C12H12F3N5O2/c1-7-8(9(21)19-2-4-22-5-3-19)6-16-11-17-10(12(13,14)15)18-20(7)11/h6H,2-5H2,1H3. The lowest BCUT2D eigenvalue weighted by Gasteiger charge is -2.27. The van der Waals surface area contributed by atoms with E-state index in [4.69, 9.17) is 4.74 Å². The van der Waals surface area contributed by atoms with Crippen LogP contribution >= 0.6 is 0 Å². The van der Waals surface area contributed by atoms with E-state index in [-0.39, 0.29) is 22.9 Å². The molecule has 0 saturated carbocycles. The number of carbonyl (C=O) groups excluding carboxylic acids is 1. The van der Waals surface area contributed by atoms with Gasteiger partial charge in [-0.3, -0.25) is 4.79 Å². The van der Waals surface area contributed by atoms with Gasteiger partial charge in [0.15, 0.2) is 0 Å². The van der Waals surface area contributed by atoms with Crippen LogP contribution in [0.25, 0.3) is 5.78 Å². The molecule has 1 saturated heterocycles. The van der Waals surface area contributed by atoms with Crippen molar-refractivity contribution in [1.29, 1.82) is 0 Å². The quantitative estimate of drug-likeness (QED) is 0.782. The normalized spacial score (nSPS) is 16.3. The summed E-state index contributed by atoms with van der Waals surface area (Å²) in [5.41, 5.74) is 0.470. The third-order valence-corrected chi connectivity index (χ3v) is 3.39. The number of aryl methyl sites for hydroxylation is 1. The zero-order valence-electron chi connectivity index (χ0n) is 11.6. The number of fused-ring (bicyclic) bond motifs is 1. The van der Waals surface area contributed by atoms with Gasteiger partial charge in [0.05, 0.1) is 24.5 Å². The molecule has 1 amide bonds. The van der Waals surface area contributed by atoms with Gasteiger partial charge in [0.1, 0.15) is 0 Å². The van der Waals surface area contributed by atoms with E-state index >= 15 is 0 Å². The van der Waals surface area contributed by atoms with Crippen LogP contribution in [0, 0.1) is 6.92 Å². The Kier molecular flexibility index (Phi) is 3.47. The maximum absolute atomic E-state index is 12.7. The van der Waals surface area contributed by atoms with Gasteiger partial charge in [0, 0.05) is 19.3 Å². The summed E-state index contributed by atoms with van der Waals surface area (Å²) in [6.07, 6.45) is -3.42. The van der Waals surface area contributed by atoms with Gasteiger partial charge in [-0.15, -0.1) is 5.10 Å². The first-order chi connectivity index (χ1) is 10.4. The monoisotopic (exact) mass is 315 g/mol. The summed E-state index contributed by atoms with van der Waals surface area (Å²) in [5, 5.41) is 3.39. The third-order valence-electron chi connectivity index (χ3n) is 3.39. The predicted octanol–water partition coefficient (Wildman–Crippen LogP) is 0.924. The molecule has 0 unspecified atom stereocenters. The summed E-state index contributed by atoms with van der Waals surface area (Å²) in [6.45, 7) is 3.24. The van der Waals surface area contributed by atoms with Crippen molar-refractivity contribution >= 4 is 11.7 Å². The van der Waals surface area contributed by atoms with Gasteiger partial charge in [-0.25, -0.2) is 9.50 Å². The van der Waals surface area contributed by atoms with Gasteiger partial charge in [-0.2, -0.15) is 18.2 Å². The number of amides is 1. The number of rotatable bonds is 1. The molecular formula is C12H12F3N5O2. The number of carbonyl (C=O) groups is 1. The van der Waals surface area contributed by atoms with E-state index in [0.717, 1.165) is 4.52 Å². The van der Waals surface area contributed by atoms with Crippen molar-refractivity contribution in [2.45, 2.75) is 13.1 Å². The molecule has 0 bridgehead atoms. The molecule has 1 aliphatic rings. The summed E-state index contributed by atoms with van der Waals surface area (Å²) in [5.74, 6) is -1.78. The van der Waals surface area contributed by atoms with Crippen molar-refractivity contribution in [3.05, 3.63) is 23.3 Å². The van der Waals surface area contributed by atoms with Crippen LogP contribution in [-0.4, -0.2) is 56.7 Å². The number of hydrogen-bond acceptors (Lipinski definition) is 5. The number of nitrogens with zero attached hydrogens (tertiary/aromatic N) is 5. The fraction of sp³-hybridized carbons (Fsp3) is 0.500. The van der Waals surface area contributed by atoms with Crippen LogP contribution in [0.3, 0.4) is 0 Å². The van der Waals surface area contributed by atoms with Crippen molar-refractivity contribution in [2.75, 3.05) is 26.3 Å². The molecule has 2 aromatic rings. The largest absolute Gasteiger partial charge is 0.453 e. The van der Waals surface area contributed by atoms with Crippen LogP contribution in [0.2, 0.25) is 0 Å². The molecule has 0 aromatic carbocycles. The van der Waals surface area contributed by atoms with Gasteiger partial charge in [0.25, 0.3) is 17.5 Å². The first-order valence-electron chi connectivity index (χ1n) is 6.54. The molecule has 0 radical (unpaired) electrons. The maximum atomic E-state index is 12.7. The number of hydrogen-bond donors (Lipinski definition) is 0. The minimum atomic E-state index is -4.66. The molecule has 3 heterocycles. The van der Waals surface area contributed by atoms with Crippen LogP contribution in [0.4, 0.5) is 13.2 Å². The van der Waals surface area contributed by atoms with E-state index in [1.165, 1.54) is 13.1 Å². The van der Waals surface area contributed by atoms with E-state index in [9.17, 15) is 18.0 Å². The van der Waals surface area contributed by atoms with Crippen molar-refractivity contribution in [2.24, 2.45) is 0 Å². The lowest BCUT2D eigenvalue weighted by Crippen LogP contribution is -2.41. The summed E-state index contributed by atoms with van der Waals surface area (Å²) < 4.78 is 44.1. The zero-order chi connectivity index (χ0) is 15.9. The Bertz CT molecular complexity index is 721. The molecule has 0 aliphatic carbocycles. The highest BCUT2D eigenvalue weighted by Gasteiger charge is 2.37. The molecule has 22 heavy (non-hydrogen) atoms. The van der Waals surface area contributed by atoms with Crippen LogP contribution in [0.15, 0.2) is 6.20 Å². The molecule has 1 aliphatic heterocycles. The predicted molar refractivity (Wildman–Crippen MR) is 67.2 cm³/mol. The highest BCUT2D eigenvalue weighted by molar-refractivity contribution is 5.95. The number of alkyl halides is 3. The van der Waals surface area contributed by atoms with Crippen molar-refractivity contribution in [3.63, 3.8) is 0 Å². The second-order valence-corrected chi connectivity index (χ2v) is 4.81. The Hall–Kier alpha value is -2.23. The SMILES string of the molecule is Cc1c(C(=O)N2CCOCC2)cnc2nc(C(F)(F)F)nn12. The number of morpholine rings is 1. The molecule has 1 fully saturated rings. The molecule has 3 rings (SSSR count). The highest BCUT2D eigenvalue weighted by Crippen LogP contribution is 2.26. The van der Waals surface area contributed by atoms with Gasteiger partial charge >= 0.3 is 6.18 Å². The highest BCUT2D eigenvalue weighted by atomic mass is 19.4. The number of halogens is 3. The molecule has 2 aromatic heterocycles. The third kappa shape index (κ3) is 2.49. The molecule has 0 spiro atoms. The lowest BCUT2D eigenvalue weighted by atomic mass is 10.2. The van der Waals surface area contributed by atoms with Gasteiger partial charge in [-0.1, -0.05) is 0 Å². The van der Waals surface area contributed by atoms with Crippen molar-refractivity contribution < 1.29 is 22.7 Å². The van der Waals surface area contributed by atoms with Gasteiger partial charge in [0.2, 0.25) is 0 Å². The van der Waals surface area contributed by atoms with Crippen LogP contribution in [-0.2, 0) is 10.9 Å². The second kappa shape index (κ2) is 5.20. The molecular weight excluding hydrogens is 303 g/mol. The van der Waals surface area contributed by atoms with Gasteiger partial charge in [-0.05, 0) is 6.92 Å². The van der Waals surface area contributed by atoms with Crippen molar-refractivity contribution in [1.82, 2.24) is 24.5 Å². The summed E-state index contributed by atoms with van der Waals surface area (Å²) >= 11 is 0. The van der Waals surface area contributed by atoms with Crippen LogP contribution in [0.1, 0.15) is 21.9 Å². The maximum Gasteiger partial charge on any atom is 0.453 e. The summed E-state index contributed by atoms with van der Waals surface area (Å²) in [7, 11) is 0. The van der Waals surface area contributed by atoms with E-state index in [1.807, 2.05) is 0 Å². The number of ether oxygens (including phenoxy) is 1. The second-order valence-electron chi connectivity index (χ2n) is 4.81. The minimum absolute atomic E-state index is 0.191. The molecule has 118 valence electrons. The average molecular weight is 315 g/mol. The molecule has 0 atom stereocenters. The van der Waals surface area contributed by atoms with E-state index in [0.29, 0.717) is 26.3 Å². The first kappa shape index (κ1) is 14.7. The Balaban J connectivity index is 2.00. The van der Waals surface area contributed by atoms with Crippen LogP contribution in [0.5, 0.6) is 0 Å². The lowest BCUT2D eigenvalue weighted by molar-refractivity contribution is -0.144. The van der Waals surface area contributed by atoms with Gasteiger partial charge < -0.3 is 9.64 Å². The average Bonchev–Trinajstić information content (AvgIpc) is 2.93. The Morgan fingerprint density at radius 2 is 2.00 bits per heavy atom. The van der Waals surface area contributed by atoms with E-state index in [1.54, 1.807) is 4.90 Å². The van der Waals surface area contributed by atoms with E-state index < -0.39 is 12.0 Å². The van der Waals surface area contributed by atoms with E-state index in [2.05, 4.69) is 15.1 Å². The summed E-state index contributed by atoms with van der Waals surface area (Å²) in [6, 6.07) is 0. The molecule has 10 heteroatoms. The Labute approximate surface area is 122 Å². The zero-order valence-corrected chi connectivity index (χ0v) is 11.6. The fourth-order valence-corrected chi connectivity index (χ4v) is 2.21. The Morgan fingerprint density at radius 1 is 1.32 bits per heavy atom. The smallest absolute Gasteiger partial charge is 0.378 e. The first-order valence-corrected chi connectivity index (χ1v) is 6.54. The van der Waals surface area contributed by atoms with Crippen molar-refractivity contribution in [3.8, 4) is 0 Å². The fourth-order valence-electron chi connectivity index (χ4n) is 2.21.